The molecule has 0 heterocycles. The van der Waals surface area contributed by atoms with Gasteiger partial charge in [-0.25, -0.2) is 4.79 Å². The molecule has 0 aliphatic heterocycles. The maximum atomic E-state index is 12.0. The van der Waals surface area contributed by atoms with Crippen LogP contribution in [0.2, 0.25) is 0 Å². The molecule has 1 fully saturated rings. The average molecular weight is 260 g/mol. The Kier molecular flexibility index (Phi) is 4.83. The van der Waals surface area contributed by atoms with E-state index in [1.165, 1.54) is 18.4 Å². The Morgan fingerprint density at radius 1 is 1.32 bits per heavy atom. The number of rotatable bonds is 3. The molecule has 1 aromatic carbocycles. The summed E-state index contributed by atoms with van der Waals surface area (Å²) < 4.78 is 0. The molecule has 1 aliphatic rings. The van der Waals surface area contributed by atoms with Gasteiger partial charge in [0.1, 0.15) is 0 Å². The second kappa shape index (κ2) is 6.60. The van der Waals surface area contributed by atoms with E-state index in [-0.39, 0.29) is 6.03 Å². The van der Waals surface area contributed by atoms with Crippen molar-refractivity contribution < 1.29 is 4.79 Å². The van der Waals surface area contributed by atoms with Gasteiger partial charge in [-0.2, -0.15) is 0 Å². The van der Waals surface area contributed by atoms with Crippen molar-refractivity contribution in [3.8, 4) is 0 Å². The van der Waals surface area contributed by atoms with Gasteiger partial charge in [0.2, 0.25) is 0 Å². The summed E-state index contributed by atoms with van der Waals surface area (Å²) >= 11 is 0. The zero-order chi connectivity index (χ0) is 13.7. The molecule has 3 heteroatoms. The number of para-hydroxylation sites is 1. The van der Waals surface area contributed by atoms with Crippen LogP contribution in [0, 0.1) is 5.92 Å². The molecular formula is C16H24N2O. The number of carbonyl (C=O) groups excluding carboxylic acids is 1. The number of hydrogen-bond donors (Lipinski definition) is 2. The molecule has 2 rings (SSSR count). The lowest BCUT2D eigenvalue weighted by atomic mass is 9.87. The second-order valence-electron chi connectivity index (χ2n) is 5.58. The molecule has 0 saturated heterocycles. The molecule has 2 N–H and O–H groups in total. The molecule has 3 nitrogen and oxygen atoms in total. The van der Waals surface area contributed by atoms with E-state index in [9.17, 15) is 4.79 Å². The molecule has 0 unspecified atom stereocenters. The normalized spacial score (nSPS) is 22.8. The molecule has 1 saturated carbocycles. The van der Waals surface area contributed by atoms with Gasteiger partial charge >= 0.3 is 6.03 Å². The Hall–Kier alpha value is -1.51. The van der Waals surface area contributed by atoms with E-state index in [1.54, 1.807) is 0 Å². The molecule has 2 amide bonds. The van der Waals surface area contributed by atoms with E-state index in [2.05, 4.69) is 30.5 Å². The number of hydrogen-bond acceptors (Lipinski definition) is 1. The molecule has 2 atom stereocenters. The first-order valence-electron chi connectivity index (χ1n) is 7.34. The van der Waals surface area contributed by atoms with Crippen molar-refractivity contribution >= 4 is 11.7 Å². The van der Waals surface area contributed by atoms with E-state index in [0.29, 0.717) is 6.04 Å². The zero-order valence-electron chi connectivity index (χ0n) is 11.9. The van der Waals surface area contributed by atoms with E-state index in [4.69, 9.17) is 0 Å². The van der Waals surface area contributed by atoms with Gasteiger partial charge in [0.25, 0.3) is 0 Å². The fraction of sp³-hybridized carbons (Fsp3) is 0.562. The Labute approximate surface area is 115 Å². The predicted molar refractivity (Wildman–Crippen MR) is 79.4 cm³/mol. The number of amides is 2. The van der Waals surface area contributed by atoms with Crippen LogP contribution in [0.5, 0.6) is 0 Å². The second-order valence-corrected chi connectivity index (χ2v) is 5.58. The lowest BCUT2D eigenvalue weighted by Gasteiger charge is -2.27. The number of carbonyl (C=O) groups is 1. The van der Waals surface area contributed by atoms with Crippen LogP contribution in [0.25, 0.3) is 0 Å². The first-order valence-corrected chi connectivity index (χ1v) is 7.34. The van der Waals surface area contributed by atoms with Gasteiger partial charge in [0.15, 0.2) is 0 Å². The minimum atomic E-state index is -0.0694. The molecule has 1 aliphatic carbocycles. The number of urea groups is 1. The molecular weight excluding hydrogens is 236 g/mol. The molecule has 0 bridgehead atoms. The van der Waals surface area contributed by atoms with Crippen LogP contribution < -0.4 is 10.6 Å². The molecule has 0 radical (unpaired) electrons. The Balaban J connectivity index is 1.90. The first-order chi connectivity index (χ1) is 9.19. The highest BCUT2D eigenvalue weighted by Gasteiger charge is 2.20. The van der Waals surface area contributed by atoms with Crippen LogP contribution in [-0.4, -0.2) is 12.1 Å². The van der Waals surface area contributed by atoms with Crippen molar-refractivity contribution in [1.29, 1.82) is 0 Å². The highest BCUT2D eigenvalue weighted by atomic mass is 16.2. The van der Waals surface area contributed by atoms with Gasteiger partial charge in [-0.15, -0.1) is 0 Å². The Bertz CT molecular complexity index is 431. The third kappa shape index (κ3) is 3.98. The SMILES string of the molecule is CCc1ccccc1NC(=O)N[C@H]1CCC[C@@H](C)C1. The van der Waals surface area contributed by atoms with Crippen molar-refractivity contribution in [2.75, 3.05) is 5.32 Å². The van der Waals surface area contributed by atoms with Crippen LogP contribution in [0.4, 0.5) is 10.5 Å². The highest BCUT2D eigenvalue weighted by molar-refractivity contribution is 5.90. The molecule has 104 valence electrons. The van der Waals surface area contributed by atoms with Crippen molar-refractivity contribution in [1.82, 2.24) is 5.32 Å². The van der Waals surface area contributed by atoms with Gasteiger partial charge in [-0.3, -0.25) is 0 Å². The van der Waals surface area contributed by atoms with E-state index in [1.807, 2.05) is 18.2 Å². The minimum absolute atomic E-state index is 0.0694. The smallest absolute Gasteiger partial charge is 0.319 e. The number of benzene rings is 1. The number of anilines is 1. The lowest BCUT2D eigenvalue weighted by Crippen LogP contribution is -2.40. The quantitative estimate of drug-likeness (QED) is 0.849. The van der Waals surface area contributed by atoms with Crippen molar-refractivity contribution in [2.24, 2.45) is 5.92 Å². The summed E-state index contributed by atoms with van der Waals surface area (Å²) in [6, 6.07) is 8.24. The van der Waals surface area contributed by atoms with Gasteiger partial charge < -0.3 is 10.6 Å². The fourth-order valence-electron chi connectivity index (χ4n) is 2.86. The maximum Gasteiger partial charge on any atom is 0.319 e. The van der Waals surface area contributed by atoms with E-state index >= 15 is 0 Å². The van der Waals surface area contributed by atoms with Gasteiger partial charge in [0, 0.05) is 11.7 Å². The van der Waals surface area contributed by atoms with Gasteiger partial charge in [-0.1, -0.05) is 44.9 Å². The van der Waals surface area contributed by atoms with Crippen molar-refractivity contribution in [3.05, 3.63) is 29.8 Å². The number of aryl methyl sites for hydroxylation is 1. The van der Waals surface area contributed by atoms with Crippen LogP contribution in [-0.2, 0) is 6.42 Å². The third-order valence-electron chi connectivity index (χ3n) is 3.92. The monoisotopic (exact) mass is 260 g/mol. The molecule has 0 aromatic heterocycles. The Morgan fingerprint density at radius 2 is 2.11 bits per heavy atom. The van der Waals surface area contributed by atoms with Gasteiger partial charge in [-0.05, 0) is 36.8 Å². The Morgan fingerprint density at radius 3 is 2.84 bits per heavy atom. The first kappa shape index (κ1) is 13.9. The van der Waals surface area contributed by atoms with Crippen LogP contribution in [0.15, 0.2) is 24.3 Å². The fourth-order valence-corrected chi connectivity index (χ4v) is 2.86. The summed E-state index contributed by atoms with van der Waals surface area (Å²) in [5.41, 5.74) is 2.10. The summed E-state index contributed by atoms with van der Waals surface area (Å²) in [4.78, 5) is 12.0. The van der Waals surface area contributed by atoms with Gasteiger partial charge in [0.05, 0.1) is 0 Å². The maximum absolute atomic E-state index is 12.0. The third-order valence-corrected chi connectivity index (χ3v) is 3.92. The lowest BCUT2D eigenvalue weighted by molar-refractivity contribution is 0.238. The van der Waals surface area contributed by atoms with Crippen molar-refractivity contribution in [2.45, 2.75) is 52.0 Å². The largest absolute Gasteiger partial charge is 0.335 e. The summed E-state index contributed by atoms with van der Waals surface area (Å²) in [5, 5.41) is 6.07. The van der Waals surface area contributed by atoms with Crippen LogP contribution in [0.3, 0.4) is 0 Å². The summed E-state index contributed by atoms with van der Waals surface area (Å²) in [6.07, 6.45) is 5.64. The van der Waals surface area contributed by atoms with Crippen LogP contribution in [0.1, 0.15) is 45.1 Å². The minimum Gasteiger partial charge on any atom is -0.335 e. The van der Waals surface area contributed by atoms with E-state index < -0.39 is 0 Å². The van der Waals surface area contributed by atoms with Crippen LogP contribution >= 0.6 is 0 Å². The standard InChI is InChI=1S/C16H24N2O/c1-3-13-8-4-5-10-15(13)18-16(19)17-14-9-6-7-12(2)11-14/h4-5,8,10,12,14H,3,6-7,9,11H2,1-2H3,(H2,17,18,19)/t12-,14+/m1/s1. The summed E-state index contributed by atoms with van der Waals surface area (Å²) in [6.45, 7) is 4.36. The molecule has 0 spiro atoms. The number of nitrogens with one attached hydrogen (secondary N) is 2. The highest BCUT2D eigenvalue weighted by Crippen LogP contribution is 2.23. The average Bonchev–Trinajstić information content (AvgIpc) is 2.39. The molecule has 1 aromatic rings. The van der Waals surface area contributed by atoms with E-state index in [0.717, 1.165) is 30.9 Å². The summed E-state index contributed by atoms with van der Waals surface area (Å²) in [5.74, 6) is 0.724. The van der Waals surface area contributed by atoms with Crippen molar-refractivity contribution in [3.63, 3.8) is 0 Å². The summed E-state index contributed by atoms with van der Waals surface area (Å²) in [7, 11) is 0. The topological polar surface area (TPSA) is 41.1 Å². The zero-order valence-corrected chi connectivity index (χ0v) is 11.9. The molecule has 19 heavy (non-hydrogen) atoms. The predicted octanol–water partition coefficient (Wildman–Crippen LogP) is 3.95.